The third-order valence-electron chi connectivity index (χ3n) is 2.36. The Kier molecular flexibility index (Phi) is 3.37. The summed E-state index contributed by atoms with van der Waals surface area (Å²) in [5, 5.41) is 14.0. The summed E-state index contributed by atoms with van der Waals surface area (Å²) in [6, 6.07) is 5.50. The van der Waals surface area contributed by atoms with E-state index >= 15 is 0 Å². The van der Waals surface area contributed by atoms with Crippen LogP contribution in [0.3, 0.4) is 0 Å². The molecule has 0 atom stereocenters. The summed E-state index contributed by atoms with van der Waals surface area (Å²) in [5.41, 5.74) is 1.85. The highest BCUT2D eigenvalue weighted by molar-refractivity contribution is 6.38. The Balaban J connectivity index is 2.84. The van der Waals surface area contributed by atoms with Crippen LogP contribution in [0.15, 0.2) is 18.3 Å². The number of anilines is 1. The van der Waals surface area contributed by atoms with Crippen LogP contribution in [-0.2, 0) is 0 Å². The molecule has 1 N–H and O–H groups in total. The predicted molar refractivity (Wildman–Crippen MR) is 70.6 cm³/mol. The van der Waals surface area contributed by atoms with E-state index in [1.54, 1.807) is 12.1 Å². The van der Waals surface area contributed by atoms with Crippen molar-refractivity contribution in [3.05, 3.63) is 33.9 Å². The number of pyridine rings is 1. The first-order chi connectivity index (χ1) is 8.17. The number of hydrogen-bond acceptors (Lipinski definition) is 3. The molecule has 2 aromatic rings. The number of halogens is 2. The summed E-state index contributed by atoms with van der Waals surface area (Å²) in [6.45, 7) is 2.66. The Morgan fingerprint density at radius 2 is 2.18 bits per heavy atom. The lowest BCUT2D eigenvalue weighted by atomic mass is 10.1. The van der Waals surface area contributed by atoms with E-state index in [0.29, 0.717) is 27.7 Å². The van der Waals surface area contributed by atoms with Gasteiger partial charge in [0.2, 0.25) is 0 Å². The number of benzene rings is 1. The monoisotopic (exact) mass is 265 g/mol. The molecule has 0 saturated heterocycles. The molecule has 0 saturated carbocycles. The minimum atomic E-state index is 0.483. The van der Waals surface area contributed by atoms with Crippen molar-refractivity contribution in [1.29, 1.82) is 5.26 Å². The summed E-state index contributed by atoms with van der Waals surface area (Å²) in [6.07, 6.45) is 1.51. The zero-order valence-corrected chi connectivity index (χ0v) is 10.6. The second-order valence-electron chi connectivity index (χ2n) is 3.47. The van der Waals surface area contributed by atoms with Crippen LogP contribution in [0, 0.1) is 11.3 Å². The van der Waals surface area contributed by atoms with Gasteiger partial charge in [-0.15, -0.1) is 0 Å². The fourth-order valence-corrected chi connectivity index (χ4v) is 2.22. The average molecular weight is 266 g/mol. The van der Waals surface area contributed by atoms with Crippen LogP contribution < -0.4 is 5.32 Å². The van der Waals surface area contributed by atoms with Crippen molar-refractivity contribution in [2.45, 2.75) is 6.92 Å². The molecule has 0 bridgehead atoms. The van der Waals surface area contributed by atoms with E-state index in [9.17, 15) is 0 Å². The average Bonchev–Trinajstić information content (AvgIpc) is 2.30. The number of aromatic nitrogens is 1. The van der Waals surface area contributed by atoms with Crippen LogP contribution in [0.1, 0.15) is 12.5 Å². The molecule has 0 amide bonds. The van der Waals surface area contributed by atoms with Crippen LogP contribution >= 0.6 is 23.2 Å². The summed E-state index contributed by atoms with van der Waals surface area (Å²) >= 11 is 12.0. The lowest BCUT2D eigenvalue weighted by Crippen LogP contribution is -2.01. The van der Waals surface area contributed by atoms with Crippen LogP contribution in [0.2, 0.25) is 10.0 Å². The van der Waals surface area contributed by atoms with Crippen molar-refractivity contribution in [3.63, 3.8) is 0 Å². The molecule has 5 heteroatoms. The molecule has 0 aliphatic heterocycles. The van der Waals surface area contributed by atoms with Crippen LogP contribution in [0.25, 0.3) is 10.9 Å². The van der Waals surface area contributed by atoms with E-state index in [1.165, 1.54) is 6.20 Å². The van der Waals surface area contributed by atoms with Gasteiger partial charge in [0.25, 0.3) is 0 Å². The lowest BCUT2D eigenvalue weighted by molar-refractivity contribution is 1.21. The van der Waals surface area contributed by atoms with Crippen LogP contribution in [-0.4, -0.2) is 11.5 Å². The summed E-state index contributed by atoms with van der Waals surface area (Å²) < 4.78 is 0. The minimum Gasteiger partial charge on any atom is -0.384 e. The van der Waals surface area contributed by atoms with E-state index in [4.69, 9.17) is 28.5 Å². The Bertz CT molecular complexity index is 617. The third kappa shape index (κ3) is 2.14. The molecule has 0 spiro atoms. The van der Waals surface area contributed by atoms with E-state index in [-0.39, 0.29) is 0 Å². The number of nitrogens with one attached hydrogen (secondary N) is 1. The Morgan fingerprint density at radius 1 is 1.41 bits per heavy atom. The van der Waals surface area contributed by atoms with Gasteiger partial charge in [0.05, 0.1) is 21.8 Å². The smallest absolute Gasteiger partial charge is 0.103 e. The Morgan fingerprint density at radius 3 is 2.82 bits per heavy atom. The quantitative estimate of drug-likeness (QED) is 0.898. The highest BCUT2D eigenvalue weighted by Gasteiger charge is 2.11. The van der Waals surface area contributed by atoms with Gasteiger partial charge in [-0.1, -0.05) is 23.2 Å². The standard InChI is InChI=1S/C12H9Cl2N3/c1-2-16-11-7(5-15)6-17-12-9(11)3-8(13)4-10(12)14/h3-4,6H,2H2,1H3,(H,16,17). The fraction of sp³-hybridized carbons (Fsp3) is 0.167. The maximum atomic E-state index is 9.05. The summed E-state index contributed by atoms with van der Waals surface area (Å²) in [5.74, 6) is 0. The van der Waals surface area contributed by atoms with Gasteiger partial charge in [-0.05, 0) is 19.1 Å². The van der Waals surface area contributed by atoms with Crippen LogP contribution in [0.4, 0.5) is 5.69 Å². The molecule has 17 heavy (non-hydrogen) atoms. The molecule has 86 valence electrons. The summed E-state index contributed by atoms with van der Waals surface area (Å²) in [4.78, 5) is 4.18. The largest absolute Gasteiger partial charge is 0.384 e. The van der Waals surface area contributed by atoms with E-state index in [1.807, 2.05) is 6.92 Å². The fourth-order valence-electron chi connectivity index (χ4n) is 1.68. The van der Waals surface area contributed by atoms with Crippen molar-refractivity contribution in [2.24, 2.45) is 0 Å². The molecule has 1 aromatic heterocycles. The van der Waals surface area contributed by atoms with Gasteiger partial charge in [-0.2, -0.15) is 5.26 Å². The highest BCUT2D eigenvalue weighted by atomic mass is 35.5. The number of hydrogen-bond donors (Lipinski definition) is 1. The molecular weight excluding hydrogens is 257 g/mol. The van der Waals surface area contributed by atoms with E-state index in [2.05, 4.69) is 16.4 Å². The zero-order valence-electron chi connectivity index (χ0n) is 9.09. The van der Waals surface area contributed by atoms with E-state index < -0.39 is 0 Å². The van der Waals surface area contributed by atoms with Crippen molar-refractivity contribution in [2.75, 3.05) is 11.9 Å². The molecule has 1 aromatic carbocycles. The number of nitriles is 1. The topological polar surface area (TPSA) is 48.7 Å². The SMILES string of the molecule is CCNc1c(C#N)cnc2c(Cl)cc(Cl)cc12. The van der Waals surface area contributed by atoms with Gasteiger partial charge in [-0.3, -0.25) is 4.98 Å². The maximum absolute atomic E-state index is 9.05. The number of nitrogens with zero attached hydrogens (tertiary/aromatic N) is 2. The third-order valence-corrected chi connectivity index (χ3v) is 2.87. The first-order valence-corrected chi connectivity index (χ1v) is 5.84. The normalized spacial score (nSPS) is 10.2. The van der Waals surface area contributed by atoms with Crippen molar-refractivity contribution < 1.29 is 0 Å². The molecule has 0 unspecified atom stereocenters. The van der Waals surface area contributed by atoms with Crippen molar-refractivity contribution in [3.8, 4) is 6.07 Å². The minimum absolute atomic E-state index is 0.483. The molecule has 2 rings (SSSR count). The Hall–Kier alpha value is -1.50. The molecule has 1 heterocycles. The predicted octanol–water partition coefficient (Wildman–Crippen LogP) is 3.85. The second kappa shape index (κ2) is 4.79. The Labute approximate surface area is 109 Å². The van der Waals surface area contributed by atoms with Crippen LogP contribution in [0.5, 0.6) is 0 Å². The highest BCUT2D eigenvalue weighted by Crippen LogP contribution is 2.32. The number of rotatable bonds is 2. The molecule has 0 aliphatic carbocycles. The van der Waals surface area contributed by atoms with Gasteiger partial charge in [-0.25, -0.2) is 0 Å². The summed E-state index contributed by atoms with van der Waals surface area (Å²) in [7, 11) is 0. The lowest BCUT2D eigenvalue weighted by Gasteiger charge is -2.10. The van der Waals surface area contributed by atoms with Gasteiger partial charge in [0.1, 0.15) is 6.07 Å². The van der Waals surface area contributed by atoms with Gasteiger partial charge >= 0.3 is 0 Å². The first-order valence-electron chi connectivity index (χ1n) is 5.09. The zero-order chi connectivity index (χ0) is 12.4. The van der Waals surface area contributed by atoms with Gasteiger partial charge in [0.15, 0.2) is 0 Å². The maximum Gasteiger partial charge on any atom is 0.103 e. The second-order valence-corrected chi connectivity index (χ2v) is 4.32. The van der Waals surface area contributed by atoms with Crippen molar-refractivity contribution in [1.82, 2.24) is 4.98 Å². The van der Waals surface area contributed by atoms with E-state index in [0.717, 1.165) is 11.1 Å². The molecule has 0 radical (unpaired) electrons. The first kappa shape index (κ1) is 12.0. The van der Waals surface area contributed by atoms with Gasteiger partial charge in [0, 0.05) is 23.2 Å². The van der Waals surface area contributed by atoms with Crippen molar-refractivity contribution >= 4 is 39.8 Å². The molecule has 3 nitrogen and oxygen atoms in total. The molecule has 0 fully saturated rings. The molecular formula is C12H9Cl2N3. The molecule has 0 aliphatic rings. The van der Waals surface area contributed by atoms with Gasteiger partial charge < -0.3 is 5.32 Å². The number of fused-ring (bicyclic) bond motifs is 1.